The number of anilines is 1. The highest BCUT2D eigenvalue weighted by molar-refractivity contribution is 7.89. The molecule has 9 heteroatoms. The van der Waals surface area contributed by atoms with E-state index in [0.29, 0.717) is 64.8 Å². The van der Waals surface area contributed by atoms with Gasteiger partial charge in [0, 0.05) is 51.9 Å². The summed E-state index contributed by atoms with van der Waals surface area (Å²) in [6.07, 6.45) is 8.51. The molecule has 0 radical (unpaired) electrons. The van der Waals surface area contributed by atoms with Gasteiger partial charge in [0.25, 0.3) is 0 Å². The van der Waals surface area contributed by atoms with E-state index in [1.54, 1.807) is 12.1 Å². The van der Waals surface area contributed by atoms with Crippen LogP contribution in [-0.2, 0) is 19.6 Å². The third kappa shape index (κ3) is 4.62. The van der Waals surface area contributed by atoms with Crippen molar-refractivity contribution in [2.45, 2.75) is 24.2 Å². The summed E-state index contributed by atoms with van der Waals surface area (Å²) in [5.74, 6) is 1.36. The van der Waals surface area contributed by atoms with Crippen molar-refractivity contribution in [3.8, 4) is 0 Å². The Labute approximate surface area is 172 Å². The lowest BCUT2D eigenvalue weighted by Gasteiger charge is -2.36. The monoisotopic (exact) mass is 420 g/mol. The molecule has 1 atom stereocenters. The average molecular weight is 421 g/mol. The molecule has 1 aliphatic carbocycles. The van der Waals surface area contributed by atoms with Gasteiger partial charge in [-0.2, -0.15) is 4.31 Å². The highest BCUT2D eigenvalue weighted by atomic mass is 32.2. The van der Waals surface area contributed by atoms with Crippen molar-refractivity contribution >= 4 is 21.7 Å². The molecule has 0 aromatic carbocycles. The van der Waals surface area contributed by atoms with Crippen molar-refractivity contribution in [3.63, 3.8) is 0 Å². The van der Waals surface area contributed by atoms with E-state index in [1.165, 1.54) is 10.5 Å². The highest BCUT2D eigenvalue weighted by Crippen LogP contribution is 2.23. The van der Waals surface area contributed by atoms with Crippen LogP contribution in [0.5, 0.6) is 0 Å². The summed E-state index contributed by atoms with van der Waals surface area (Å²) in [6, 6.07) is 3.38. The van der Waals surface area contributed by atoms with Crippen molar-refractivity contribution in [2.75, 3.05) is 57.4 Å². The van der Waals surface area contributed by atoms with E-state index in [4.69, 9.17) is 4.74 Å². The van der Waals surface area contributed by atoms with E-state index in [-0.39, 0.29) is 10.8 Å². The van der Waals surface area contributed by atoms with Crippen LogP contribution in [0.1, 0.15) is 19.3 Å². The van der Waals surface area contributed by atoms with Crippen LogP contribution in [0.25, 0.3) is 0 Å². The molecule has 0 N–H and O–H groups in total. The molecule has 1 unspecified atom stereocenters. The van der Waals surface area contributed by atoms with E-state index >= 15 is 0 Å². The predicted octanol–water partition coefficient (Wildman–Crippen LogP) is 1.11. The maximum atomic E-state index is 12.7. The summed E-state index contributed by atoms with van der Waals surface area (Å²) >= 11 is 0. The molecular weight excluding hydrogens is 392 g/mol. The summed E-state index contributed by atoms with van der Waals surface area (Å²) in [5, 5.41) is 0. The molecule has 0 spiro atoms. The van der Waals surface area contributed by atoms with E-state index in [9.17, 15) is 13.2 Å². The molecule has 158 valence electrons. The topological polar surface area (TPSA) is 83.1 Å². The number of amides is 1. The van der Waals surface area contributed by atoms with Gasteiger partial charge in [-0.15, -0.1) is 0 Å². The maximum absolute atomic E-state index is 12.7. The standard InChI is InChI=1S/C20H28N4O4S/c25-20(15-17-3-1-2-4-17)23-9-7-22(8-10-23)19-6-5-18(16-21-19)29(26,27)24-11-13-28-14-12-24/h1,3,5-6,16-17H,2,4,7-15H2. The summed E-state index contributed by atoms with van der Waals surface area (Å²) in [4.78, 5) is 21.1. The number of pyridine rings is 1. The minimum Gasteiger partial charge on any atom is -0.379 e. The normalized spacial score (nSPS) is 23.5. The Hall–Kier alpha value is -1.97. The first-order valence-corrected chi connectivity index (χ1v) is 11.7. The second-order valence-electron chi connectivity index (χ2n) is 7.71. The maximum Gasteiger partial charge on any atom is 0.244 e. The minimum atomic E-state index is -3.53. The van der Waals surface area contributed by atoms with Gasteiger partial charge in [0.05, 0.1) is 13.2 Å². The van der Waals surface area contributed by atoms with Gasteiger partial charge in [-0.05, 0) is 30.9 Å². The van der Waals surface area contributed by atoms with Crippen LogP contribution >= 0.6 is 0 Å². The van der Waals surface area contributed by atoms with E-state index in [1.807, 2.05) is 4.90 Å². The number of carbonyl (C=O) groups is 1. The Bertz CT molecular complexity index is 842. The van der Waals surface area contributed by atoms with Gasteiger partial charge in [-0.3, -0.25) is 4.79 Å². The number of piperazine rings is 1. The Morgan fingerprint density at radius 1 is 1.10 bits per heavy atom. The Morgan fingerprint density at radius 2 is 1.86 bits per heavy atom. The zero-order valence-electron chi connectivity index (χ0n) is 16.6. The lowest BCUT2D eigenvalue weighted by atomic mass is 10.0. The largest absolute Gasteiger partial charge is 0.379 e. The lowest BCUT2D eigenvalue weighted by molar-refractivity contribution is -0.132. The zero-order valence-corrected chi connectivity index (χ0v) is 17.4. The number of ether oxygens (including phenoxy) is 1. The van der Waals surface area contributed by atoms with Crippen LogP contribution in [0.2, 0.25) is 0 Å². The highest BCUT2D eigenvalue weighted by Gasteiger charge is 2.28. The molecule has 2 aliphatic heterocycles. The summed E-state index contributed by atoms with van der Waals surface area (Å²) in [5.41, 5.74) is 0. The van der Waals surface area contributed by atoms with Crippen molar-refractivity contribution in [1.82, 2.24) is 14.2 Å². The van der Waals surface area contributed by atoms with Gasteiger partial charge in [0.15, 0.2) is 0 Å². The van der Waals surface area contributed by atoms with Gasteiger partial charge in [-0.1, -0.05) is 12.2 Å². The van der Waals surface area contributed by atoms with Gasteiger partial charge in [0.2, 0.25) is 15.9 Å². The summed E-state index contributed by atoms with van der Waals surface area (Å²) in [7, 11) is -3.53. The first-order valence-electron chi connectivity index (χ1n) is 10.3. The number of sulfonamides is 1. The van der Waals surface area contributed by atoms with Gasteiger partial charge >= 0.3 is 0 Å². The first kappa shape index (κ1) is 20.3. The van der Waals surface area contributed by atoms with Gasteiger partial charge in [0.1, 0.15) is 10.7 Å². The smallest absolute Gasteiger partial charge is 0.244 e. The SMILES string of the molecule is O=C(CC1C=CCC1)N1CCN(c2ccc(S(=O)(=O)N3CCOCC3)cn2)CC1. The zero-order chi connectivity index (χ0) is 20.3. The molecule has 8 nitrogen and oxygen atoms in total. The average Bonchev–Trinajstić information content (AvgIpc) is 3.27. The van der Waals surface area contributed by atoms with Crippen molar-refractivity contribution in [1.29, 1.82) is 0 Å². The third-order valence-electron chi connectivity index (χ3n) is 5.83. The molecular formula is C20H28N4O4S. The van der Waals surface area contributed by atoms with Gasteiger partial charge < -0.3 is 14.5 Å². The molecule has 29 heavy (non-hydrogen) atoms. The Kier molecular flexibility index (Phi) is 6.17. The number of allylic oxidation sites excluding steroid dienone is 2. The summed E-state index contributed by atoms with van der Waals surface area (Å²) < 4.78 is 32.1. The lowest BCUT2D eigenvalue weighted by Crippen LogP contribution is -2.49. The number of aromatic nitrogens is 1. The molecule has 1 aromatic rings. The predicted molar refractivity (Wildman–Crippen MR) is 109 cm³/mol. The molecule has 0 bridgehead atoms. The van der Waals surface area contributed by atoms with Crippen molar-refractivity contribution in [2.24, 2.45) is 5.92 Å². The molecule has 0 saturated carbocycles. The van der Waals surface area contributed by atoms with Crippen LogP contribution in [-0.4, -0.2) is 81.0 Å². The van der Waals surface area contributed by atoms with Crippen molar-refractivity contribution in [3.05, 3.63) is 30.5 Å². The fraction of sp³-hybridized carbons (Fsp3) is 0.600. The van der Waals surface area contributed by atoms with Crippen LogP contribution in [0.15, 0.2) is 35.4 Å². The molecule has 1 aromatic heterocycles. The Balaban J connectivity index is 1.33. The number of rotatable bonds is 5. The van der Waals surface area contributed by atoms with E-state index < -0.39 is 10.0 Å². The van der Waals surface area contributed by atoms with E-state index in [0.717, 1.165) is 18.7 Å². The quantitative estimate of drug-likeness (QED) is 0.664. The number of morpholine rings is 1. The van der Waals surface area contributed by atoms with Crippen LogP contribution in [0, 0.1) is 5.92 Å². The number of hydrogen-bond donors (Lipinski definition) is 0. The molecule has 4 rings (SSSR count). The molecule has 2 fully saturated rings. The summed E-state index contributed by atoms with van der Waals surface area (Å²) in [6.45, 7) is 4.34. The molecule has 3 aliphatic rings. The minimum absolute atomic E-state index is 0.210. The second-order valence-corrected chi connectivity index (χ2v) is 9.64. The third-order valence-corrected chi connectivity index (χ3v) is 7.72. The Morgan fingerprint density at radius 3 is 2.48 bits per heavy atom. The number of nitrogens with zero attached hydrogens (tertiary/aromatic N) is 4. The molecule has 3 heterocycles. The van der Waals surface area contributed by atoms with Crippen LogP contribution in [0.3, 0.4) is 0 Å². The van der Waals surface area contributed by atoms with E-state index in [2.05, 4.69) is 22.0 Å². The van der Waals surface area contributed by atoms with Gasteiger partial charge in [-0.25, -0.2) is 13.4 Å². The fourth-order valence-corrected chi connectivity index (χ4v) is 5.41. The van der Waals surface area contributed by atoms with Crippen LogP contribution < -0.4 is 4.90 Å². The molecule has 2 saturated heterocycles. The molecule has 1 amide bonds. The van der Waals surface area contributed by atoms with Crippen molar-refractivity contribution < 1.29 is 17.9 Å². The second kappa shape index (κ2) is 8.81. The number of carbonyl (C=O) groups excluding carboxylic acids is 1. The van der Waals surface area contributed by atoms with Crippen LogP contribution in [0.4, 0.5) is 5.82 Å². The fourth-order valence-electron chi connectivity index (χ4n) is 4.05. The number of hydrogen-bond acceptors (Lipinski definition) is 6. The first-order chi connectivity index (χ1) is 14.0.